The fraction of sp³-hybridized carbons (Fsp3) is 0.312. The number of pyridine rings is 1. The van der Waals surface area contributed by atoms with Gasteiger partial charge in [0.25, 0.3) is 0 Å². The summed E-state index contributed by atoms with van der Waals surface area (Å²) in [6, 6.07) is 10.2. The third kappa shape index (κ3) is 4.53. The zero-order valence-electron chi connectivity index (χ0n) is 12.1. The Labute approximate surface area is 142 Å². The maximum Gasteiger partial charge on any atom is 0.138 e. The third-order valence-electron chi connectivity index (χ3n) is 3.10. The smallest absolute Gasteiger partial charge is 0.138 e. The van der Waals surface area contributed by atoms with Gasteiger partial charge in [0.05, 0.1) is 16.8 Å². The van der Waals surface area contributed by atoms with E-state index in [1.165, 1.54) is 0 Å². The molecule has 0 amide bonds. The highest BCUT2D eigenvalue weighted by molar-refractivity contribution is 9.11. The molecule has 0 fully saturated rings. The van der Waals surface area contributed by atoms with Crippen LogP contribution in [0.1, 0.15) is 31.1 Å². The number of nitrogens with one attached hydrogen (secondary N) is 1. The highest BCUT2D eigenvalue weighted by atomic mass is 79.9. The van der Waals surface area contributed by atoms with Crippen LogP contribution in [-0.4, -0.2) is 11.6 Å². The van der Waals surface area contributed by atoms with E-state index in [1.807, 2.05) is 37.4 Å². The van der Waals surface area contributed by atoms with Gasteiger partial charge < -0.3 is 10.1 Å². The van der Waals surface area contributed by atoms with Crippen molar-refractivity contribution in [3.63, 3.8) is 0 Å². The van der Waals surface area contributed by atoms with Gasteiger partial charge in [-0.25, -0.2) is 0 Å². The first-order valence-corrected chi connectivity index (χ1v) is 8.45. The van der Waals surface area contributed by atoms with Crippen molar-refractivity contribution in [2.24, 2.45) is 0 Å². The predicted octanol–water partition coefficient (Wildman–Crippen LogP) is 4.86. The van der Waals surface area contributed by atoms with Gasteiger partial charge in [0.2, 0.25) is 0 Å². The molecule has 0 radical (unpaired) electrons. The van der Waals surface area contributed by atoms with E-state index < -0.39 is 0 Å². The summed E-state index contributed by atoms with van der Waals surface area (Å²) >= 11 is 7.08. The zero-order valence-corrected chi connectivity index (χ0v) is 15.2. The second-order valence-electron chi connectivity index (χ2n) is 4.67. The highest BCUT2D eigenvalue weighted by Gasteiger charge is 2.12. The largest absolute Gasteiger partial charge is 0.492 e. The van der Waals surface area contributed by atoms with Crippen molar-refractivity contribution >= 4 is 31.9 Å². The molecule has 3 nitrogen and oxygen atoms in total. The van der Waals surface area contributed by atoms with E-state index in [1.54, 1.807) is 0 Å². The summed E-state index contributed by atoms with van der Waals surface area (Å²) in [6.07, 6.45) is 1.81. The van der Waals surface area contributed by atoms with E-state index in [-0.39, 0.29) is 6.04 Å². The van der Waals surface area contributed by atoms with E-state index in [2.05, 4.69) is 55.2 Å². The van der Waals surface area contributed by atoms with Crippen LogP contribution in [0.2, 0.25) is 0 Å². The summed E-state index contributed by atoms with van der Waals surface area (Å²) in [5, 5.41) is 3.48. The van der Waals surface area contributed by atoms with Crippen LogP contribution >= 0.6 is 31.9 Å². The Morgan fingerprint density at radius 2 is 2.10 bits per heavy atom. The van der Waals surface area contributed by atoms with Crippen LogP contribution in [0.4, 0.5) is 0 Å². The van der Waals surface area contributed by atoms with Gasteiger partial charge in [-0.1, -0.05) is 22.0 Å². The lowest BCUT2D eigenvalue weighted by atomic mass is 10.1. The van der Waals surface area contributed by atoms with Crippen molar-refractivity contribution in [1.29, 1.82) is 0 Å². The quantitative estimate of drug-likeness (QED) is 0.734. The maximum absolute atomic E-state index is 5.74. The number of nitrogens with zero attached hydrogens (tertiary/aromatic N) is 1. The number of benzene rings is 1. The Morgan fingerprint density at radius 3 is 2.76 bits per heavy atom. The molecule has 0 aliphatic heterocycles. The van der Waals surface area contributed by atoms with E-state index in [4.69, 9.17) is 4.74 Å². The van der Waals surface area contributed by atoms with Crippen molar-refractivity contribution in [2.45, 2.75) is 26.4 Å². The Hall–Kier alpha value is -0.910. The molecule has 5 heteroatoms. The number of aromatic nitrogens is 1. The molecule has 0 aliphatic carbocycles. The number of hydrogen-bond donors (Lipinski definition) is 1. The second kappa shape index (κ2) is 7.92. The average Bonchev–Trinajstić information content (AvgIpc) is 2.48. The molecule has 0 saturated carbocycles. The number of halogens is 2. The van der Waals surface area contributed by atoms with Crippen LogP contribution < -0.4 is 10.1 Å². The number of ether oxygens (including phenoxy) is 1. The standard InChI is InChI=1S/C16H18Br2N2O/c1-3-21-16-12(8-13(17)9-14(16)18)10-20-11(2)15-6-4-5-7-19-15/h4-9,11,20H,3,10H2,1-2H3/t11-/m0/s1. The number of hydrogen-bond acceptors (Lipinski definition) is 3. The van der Waals surface area contributed by atoms with Gasteiger partial charge in [0.1, 0.15) is 5.75 Å². The van der Waals surface area contributed by atoms with E-state index >= 15 is 0 Å². The number of rotatable bonds is 6. The SMILES string of the molecule is CCOc1c(Br)cc(Br)cc1CN[C@@H](C)c1ccccn1. The summed E-state index contributed by atoms with van der Waals surface area (Å²) < 4.78 is 7.72. The van der Waals surface area contributed by atoms with Crippen LogP contribution in [0.25, 0.3) is 0 Å². The topological polar surface area (TPSA) is 34.1 Å². The molecule has 1 N–H and O–H groups in total. The average molecular weight is 414 g/mol. The van der Waals surface area contributed by atoms with Gasteiger partial charge >= 0.3 is 0 Å². The van der Waals surface area contributed by atoms with Crippen molar-refractivity contribution < 1.29 is 4.74 Å². The minimum atomic E-state index is 0.179. The van der Waals surface area contributed by atoms with E-state index in [0.717, 1.165) is 26.0 Å². The van der Waals surface area contributed by atoms with Crippen molar-refractivity contribution in [1.82, 2.24) is 10.3 Å². The molecular formula is C16H18Br2N2O. The molecular weight excluding hydrogens is 396 g/mol. The lowest BCUT2D eigenvalue weighted by Gasteiger charge is -2.17. The fourth-order valence-electron chi connectivity index (χ4n) is 2.05. The minimum Gasteiger partial charge on any atom is -0.492 e. The normalized spacial score (nSPS) is 12.2. The fourth-order valence-corrected chi connectivity index (χ4v) is 3.48. The molecule has 0 bridgehead atoms. The molecule has 2 rings (SSSR count). The van der Waals surface area contributed by atoms with Crippen LogP contribution in [0.15, 0.2) is 45.5 Å². The Balaban J connectivity index is 2.12. The second-order valence-corrected chi connectivity index (χ2v) is 6.44. The monoisotopic (exact) mass is 412 g/mol. The lowest BCUT2D eigenvalue weighted by Crippen LogP contribution is -2.19. The lowest BCUT2D eigenvalue weighted by molar-refractivity contribution is 0.332. The van der Waals surface area contributed by atoms with Crippen LogP contribution in [0.5, 0.6) is 5.75 Å². The first-order valence-electron chi connectivity index (χ1n) is 6.86. The van der Waals surface area contributed by atoms with Crippen molar-refractivity contribution in [3.05, 3.63) is 56.7 Å². The molecule has 2 aromatic rings. The van der Waals surface area contributed by atoms with Crippen LogP contribution in [-0.2, 0) is 6.54 Å². The summed E-state index contributed by atoms with van der Waals surface area (Å²) in [6.45, 7) is 5.45. The van der Waals surface area contributed by atoms with Gasteiger partial charge in [0, 0.05) is 28.8 Å². The first kappa shape index (κ1) is 16.5. The molecule has 0 saturated heterocycles. The minimum absolute atomic E-state index is 0.179. The molecule has 21 heavy (non-hydrogen) atoms. The molecule has 1 aromatic carbocycles. The Kier molecular flexibility index (Phi) is 6.21. The predicted molar refractivity (Wildman–Crippen MR) is 92.5 cm³/mol. The third-order valence-corrected chi connectivity index (χ3v) is 4.15. The maximum atomic E-state index is 5.74. The summed E-state index contributed by atoms with van der Waals surface area (Å²) in [4.78, 5) is 4.37. The van der Waals surface area contributed by atoms with E-state index in [0.29, 0.717) is 13.2 Å². The van der Waals surface area contributed by atoms with Gasteiger partial charge in [0.15, 0.2) is 0 Å². The van der Waals surface area contributed by atoms with Crippen molar-refractivity contribution in [2.75, 3.05) is 6.61 Å². The molecule has 0 unspecified atom stereocenters. The van der Waals surface area contributed by atoms with Gasteiger partial charge in [-0.15, -0.1) is 0 Å². The molecule has 1 atom stereocenters. The molecule has 0 spiro atoms. The summed E-state index contributed by atoms with van der Waals surface area (Å²) in [5.41, 5.74) is 2.14. The summed E-state index contributed by atoms with van der Waals surface area (Å²) in [7, 11) is 0. The molecule has 1 aromatic heterocycles. The highest BCUT2D eigenvalue weighted by Crippen LogP contribution is 2.33. The Morgan fingerprint density at radius 1 is 1.29 bits per heavy atom. The first-order chi connectivity index (χ1) is 10.1. The summed E-state index contributed by atoms with van der Waals surface area (Å²) in [5.74, 6) is 0.890. The zero-order chi connectivity index (χ0) is 15.2. The van der Waals surface area contributed by atoms with Crippen LogP contribution in [0.3, 0.4) is 0 Å². The molecule has 1 heterocycles. The molecule has 0 aliphatic rings. The van der Waals surface area contributed by atoms with E-state index in [9.17, 15) is 0 Å². The van der Waals surface area contributed by atoms with Gasteiger partial charge in [-0.05, 0) is 54.0 Å². The van der Waals surface area contributed by atoms with Crippen molar-refractivity contribution in [3.8, 4) is 5.75 Å². The molecule has 112 valence electrons. The van der Waals surface area contributed by atoms with Gasteiger partial charge in [-0.3, -0.25) is 4.98 Å². The van der Waals surface area contributed by atoms with Gasteiger partial charge in [-0.2, -0.15) is 0 Å². The Bertz CT molecular complexity index is 590. The van der Waals surface area contributed by atoms with Crippen LogP contribution in [0, 0.1) is 0 Å².